The molecule has 0 atom stereocenters. The van der Waals surface area contributed by atoms with Crippen LogP contribution in [0, 0.1) is 0 Å². The van der Waals surface area contributed by atoms with Gasteiger partial charge in [0.2, 0.25) is 5.95 Å². The number of H-pyrrole nitrogens is 2. The van der Waals surface area contributed by atoms with Crippen molar-refractivity contribution in [1.82, 2.24) is 30.4 Å². The van der Waals surface area contributed by atoms with Crippen LogP contribution < -0.4 is 5.73 Å². The van der Waals surface area contributed by atoms with E-state index in [1.807, 2.05) is 0 Å². The van der Waals surface area contributed by atoms with E-state index in [4.69, 9.17) is 5.73 Å². The Hall–Kier alpha value is -1.92. The molecule has 0 bridgehead atoms. The third kappa shape index (κ3) is 1.67. The van der Waals surface area contributed by atoms with Crippen molar-refractivity contribution in [3.63, 3.8) is 0 Å². The number of anilines is 1. The summed E-state index contributed by atoms with van der Waals surface area (Å²) in [6.07, 6.45) is 2.96. The summed E-state index contributed by atoms with van der Waals surface area (Å²) in [5, 5.41) is 13.5. The Morgan fingerprint density at radius 2 is 1.87 bits per heavy atom. The molecule has 1 fully saturated rings. The van der Waals surface area contributed by atoms with Crippen molar-refractivity contribution >= 4 is 5.95 Å². The second-order valence-electron chi connectivity index (χ2n) is 3.73. The van der Waals surface area contributed by atoms with E-state index < -0.39 is 0 Å². The summed E-state index contributed by atoms with van der Waals surface area (Å²) < 4.78 is 0. The Kier molecular flexibility index (Phi) is 1.70. The smallest absolute Gasteiger partial charge is 0.239 e. The summed E-state index contributed by atoms with van der Waals surface area (Å²) in [6, 6.07) is 0. The molecule has 4 N–H and O–H groups in total. The van der Waals surface area contributed by atoms with Gasteiger partial charge in [-0.15, -0.1) is 5.10 Å². The molecule has 1 aliphatic carbocycles. The zero-order chi connectivity index (χ0) is 10.3. The van der Waals surface area contributed by atoms with Crippen molar-refractivity contribution in [3.05, 3.63) is 17.5 Å². The molecule has 1 aliphatic rings. The van der Waals surface area contributed by atoms with Crippen LogP contribution >= 0.6 is 0 Å². The van der Waals surface area contributed by atoms with E-state index in [2.05, 4.69) is 30.4 Å². The third-order valence-electron chi connectivity index (χ3n) is 2.38. The van der Waals surface area contributed by atoms with E-state index in [0.717, 1.165) is 11.6 Å². The average molecular weight is 205 g/mol. The lowest BCUT2D eigenvalue weighted by molar-refractivity contribution is 0.899. The topological polar surface area (TPSA) is 109 Å². The monoisotopic (exact) mass is 205 g/mol. The van der Waals surface area contributed by atoms with Crippen LogP contribution in [0.4, 0.5) is 5.95 Å². The van der Waals surface area contributed by atoms with Crippen molar-refractivity contribution in [1.29, 1.82) is 0 Å². The van der Waals surface area contributed by atoms with Crippen LogP contribution in [0.1, 0.15) is 36.2 Å². The second-order valence-corrected chi connectivity index (χ2v) is 3.73. The lowest BCUT2D eigenvalue weighted by atomic mass is 10.4. The molecule has 0 spiro atoms. The van der Waals surface area contributed by atoms with Crippen molar-refractivity contribution in [3.8, 4) is 0 Å². The van der Waals surface area contributed by atoms with Crippen LogP contribution in [0.3, 0.4) is 0 Å². The van der Waals surface area contributed by atoms with Crippen molar-refractivity contribution < 1.29 is 0 Å². The van der Waals surface area contributed by atoms with Crippen LogP contribution in [0.25, 0.3) is 0 Å². The summed E-state index contributed by atoms with van der Waals surface area (Å²) in [6.45, 7) is 0. The van der Waals surface area contributed by atoms with Gasteiger partial charge in [0.1, 0.15) is 11.6 Å². The number of nitrogens with two attached hydrogens (primary N) is 1. The van der Waals surface area contributed by atoms with Crippen LogP contribution in [-0.2, 0) is 6.42 Å². The van der Waals surface area contributed by atoms with Gasteiger partial charge in [-0.2, -0.15) is 10.1 Å². The number of aromatic nitrogens is 6. The molecule has 7 nitrogen and oxygen atoms in total. The second kappa shape index (κ2) is 3.04. The van der Waals surface area contributed by atoms with Gasteiger partial charge in [-0.1, -0.05) is 0 Å². The molecule has 15 heavy (non-hydrogen) atoms. The molecule has 78 valence electrons. The fraction of sp³-hybridized carbons (Fsp3) is 0.500. The van der Waals surface area contributed by atoms with Gasteiger partial charge >= 0.3 is 0 Å². The zero-order valence-corrected chi connectivity index (χ0v) is 8.06. The van der Waals surface area contributed by atoms with Gasteiger partial charge in [-0.3, -0.25) is 10.2 Å². The highest BCUT2D eigenvalue weighted by Gasteiger charge is 2.27. The third-order valence-corrected chi connectivity index (χ3v) is 2.38. The van der Waals surface area contributed by atoms with Gasteiger partial charge in [-0.05, 0) is 12.8 Å². The fourth-order valence-electron chi connectivity index (χ4n) is 1.46. The van der Waals surface area contributed by atoms with Gasteiger partial charge in [-0.25, -0.2) is 4.98 Å². The van der Waals surface area contributed by atoms with Gasteiger partial charge in [0.05, 0.1) is 6.42 Å². The minimum atomic E-state index is 0.256. The molecule has 0 unspecified atom stereocenters. The van der Waals surface area contributed by atoms with E-state index in [1.165, 1.54) is 12.8 Å². The SMILES string of the molecule is Nc1n[nH]c(Cc2nc(C3CC3)n[nH]2)n1. The predicted molar refractivity (Wildman–Crippen MR) is 52.0 cm³/mol. The molecule has 2 aromatic rings. The first-order valence-corrected chi connectivity index (χ1v) is 4.89. The Balaban J connectivity index is 1.75. The maximum atomic E-state index is 5.40. The highest BCUT2D eigenvalue weighted by atomic mass is 15.3. The van der Waals surface area contributed by atoms with Crippen LogP contribution in [-0.4, -0.2) is 30.4 Å². The highest BCUT2D eigenvalue weighted by Crippen LogP contribution is 2.37. The molecule has 0 saturated heterocycles. The maximum Gasteiger partial charge on any atom is 0.239 e. The summed E-state index contributed by atoms with van der Waals surface area (Å²) in [7, 11) is 0. The summed E-state index contributed by atoms with van der Waals surface area (Å²) in [5.74, 6) is 3.23. The molecular formula is C8H11N7. The Labute approximate surface area is 85.5 Å². The molecule has 3 rings (SSSR count). The van der Waals surface area contributed by atoms with Crippen molar-refractivity contribution in [2.45, 2.75) is 25.2 Å². The van der Waals surface area contributed by atoms with Crippen LogP contribution in [0.5, 0.6) is 0 Å². The van der Waals surface area contributed by atoms with Crippen molar-refractivity contribution in [2.75, 3.05) is 5.73 Å². The molecule has 1 saturated carbocycles. The first-order valence-electron chi connectivity index (χ1n) is 4.89. The Morgan fingerprint density at radius 3 is 2.53 bits per heavy atom. The zero-order valence-electron chi connectivity index (χ0n) is 8.06. The fourth-order valence-corrected chi connectivity index (χ4v) is 1.46. The number of hydrogen-bond donors (Lipinski definition) is 3. The summed E-state index contributed by atoms with van der Waals surface area (Å²) in [4.78, 5) is 8.38. The summed E-state index contributed by atoms with van der Waals surface area (Å²) in [5.41, 5.74) is 5.40. The number of aromatic amines is 2. The maximum absolute atomic E-state index is 5.40. The van der Waals surface area contributed by atoms with E-state index in [-0.39, 0.29) is 5.95 Å². The van der Waals surface area contributed by atoms with E-state index in [1.54, 1.807) is 0 Å². The molecule has 2 heterocycles. The van der Waals surface area contributed by atoms with E-state index in [9.17, 15) is 0 Å². The van der Waals surface area contributed by atoms with Gasteiger partial charge in [0.15, 0.2) is 5.82 Å². The lowest BCUT2D eigenvalue weighted by Crippen LogP contribution is -1.94. The van der Waals surface area contributed by atoms with Crippen LogP contribution in [0.2, 0.25) is 0 Å². The van der Waals surface area contributed by atoms with Gasteiger partial charge < -0.3 is 5.73 Å². The van der Waals surface area contributed by atoms with Gasteiger partial charge in [0, 0.05) is 5.92 Å². The Bertz CT molecular complexity index is 467. The largest absolute Gasteiger partial charge is 0.367 e. The predicted octanol–water partition coefficient (Wildman–Crippen LogP) is -0.0268. The lowest BCUT2D eigenvalue weighted by Gasteiger charge is -1.88. The Morgan fingerprint density at radius 1 is 1.13 bits per heavy atom. The number of hydrogen-bond acceptors (Lipinski definition) is 5. The minimum Gasteiger partial charge on any atom is -0.367 e. The van der Waals surface area contributed by atoms with Crippen molar-refractivity contribution in [2.24, 2.45) is 0 Å². The minimum absolute atomic E-state index is 0.256. The number of nitrogens with zero attached hydrogens (tertiary/aromatic N) is 4. The molecular weight excluding hydrogens is 194 g/mol. The normalized spacial score (nSPS) is 15.7. The van der Waals surface area contributed by atoms with E-state index >= 15 is 0 Å². The number of nitrogen functional groups attached to an aromatic ring is 1. The van der Waals surface area contributed by atoms with Gasteiger partial charge in [0.25, 0.3) is 0 Å². The quantitative estimate of drug-likeness (QED) is 0.652. The molecule has 7 heteroatoms. The number of nitrogens with one attached hydrogen (secondary N) is 2. The van der Waals surface area contributed by atoms with E-state index in [0.29, 0.717) is 18.2 Å². The summed E-state index contributed by atoms with van der Waals surface area (Å²) >= 11 is 0. The average Bonchev–Trinajstić information content (AvgIpc) is 2.84. The standard InChI is InChI=1S/C8H11N7/c9-8-11-6(13-15-8)3-5-10-7(14-12-5)4-1-2-4/h4H,1-3H2,(H,10,12,14)(H3,9,11,13,15). The van der Waals surface area contributed by atoms with Crippen LogP contribution in [0.15, 0.2) is 0 Å². The molecule has 0 amide bonds. The first-order chi connectivity index (χ1) is 7.31. The highest BCUT2D eigenvalue weighted by molar-refractivity contribution is 5.15. The molecule has 2 aromatic heterocycles. The molecule has 0 aliphatic heterocycles. The molecule has 0 aromatic carbocycles. The first kappa shape index (κ1) is 8.39. The molecule has 0 radical (unpaired) electrons. The number of rotatable bonds is 3.